The molecule has 0 aliphatic rings. The van der Waals surface area contributed by atoms with Crippen molar-refractivity contribution in [3.05, 3.63) is 0 Å². The lowest BCUT2D eigenvalue weighted by Crippen LogP contribution is -2.30. The molecule has 0 saturated carbocycles. The summed E-state index contributed by atoms with van der Waals surface area (Å²) >= 11 is 0. The normalized spacial score (nSPS) is 12.1. The molecule has 0 amide bonds. The molecule has 0 rings (SSSR count). The van der Waals surface area contributed by atoms with Gasteiger partial charge in [-0.1, -0.05) is 202 Å². The Hall–Kier alpha value is -1.59. The number of esters is 3. The average Bonchev–Trinajstić information content (AvgIpc) is 3.09. The van der Waals surface area contributed by atoms with Crippen LogP contribution in [0.4, 0.5) is 0 Å². The molecule has 0 heterocycles. The van der Waals surface area contributed by atoms with E-state index in [9.17, 15) is 14.4 Å². The molecule has 0 unspecified atom stereocenters. The van der Waals surface area contributed by atoms with Crippen LogP contribution in [0.3, 0.4) is 0 Å². The predicted molar refractivity (Wildman–Crippen MR) is 215 cm³/mol. The minimum atomic E-state index is -0.759. The van der Waals surface area contributed by atoms with E-state index in [1.807, 2.05) is 0 Å². The van der Waals surface area contributed by atoms with E-state index in [1.165, 1.54) is 128 Å². The van der Waals surface area contributed by atoms with Gasteiger partial charge in [-0.15, -0.1) is 0 Å². The van der Waals surface area contributed by atoms with E-state index in [4.69, 9.17) is 14.2 Å². The van der Waals surface area contributed by atoms with Crippen LogP contribution in [0.15, 0.2) is 0 Å². The third kappa shape index (κ3) is 39.5. The van der Waals surface area contributed by atoms with E-state index in [0.717, 1.165) is 69.6 Å². The summed E-state index contributed by atoms with van der Waals surface area (Å²) in [6, 6.07) is 0. The quantitative estimate of drug-likeness (QED) is 0.0357. The van der Waals surface area contributed by atoms with Gasteiger partial charge >= 0.3 is 17.9 Å². The Morgan fingerprint density at radius 1 is 0.373 bits per heavy atom. The summed E-state index contributed by atoms with van der Waals surface area (Å²) in [7, 11) is 0. The Morgan fingerprint density at radius 2 is 0.647 bits per heavy atom. The van der Waals surface area contributed by atoms with E-state index < -0.39 is 6.10 Å². The zero-order valence-corrected chi connectivity index (χ0v) is 34.7. The van der Waals surface area contributed by atoms with Gasteiger partial charge in [-0.3, -0.25) is 14.4 Å². The van der Waals surface area contributed by atoms with Crippen molar-refractivity contribution < 1.29 is 28.6 Å². The van der Waals surface area contributed by atoms with Crippen LogP contribution in [0, 0.1) is 11.8 Å². The van der Waals surface area contributed by atoms with Gasteiger partial charge in [0.1, 0.15) is 13.2 Å². The minimum absolute atomic E-state index is 0.0657. The average molecular weight is 723 g/mol. The van der Waals surface area contributed by atoms with Crippen LogP contribution in [0.5, 0.6) is 0 Å². The molecule has 302 valence electrons. The summed E-state index contributed by atoms with van der Waals surface area (Å²) in [6.45, 7) is 11.3. The molecule has 51 heavy (non-hydrogen) atoms. The van der Waals surface area contributed by atoms with Gasteiger partial charge in [-0.05, 0) is 31.1 Å². The molecule has 0 aliphatic heterocycles. The highest BCUT2D eigenvalue weighted by Crippen LogP contribution is 2.16. The van der Waals surface area contributed by atoms with Crippen LogP contribution in [-0.4, -0.2) is 37.2 Å². The zero-order chi connectivity index (χ0) is 37.6. The summed E-state index contributed by atoms with van der Waals surface area (Å²) in [5, 5.41) is 0. The van der Waals surface area contributed by atoms with E-state index in [1.54, 1.807) is 0 Å². The predicted octanol–water partition coefficient (Wildman–Crippen LogP) is 13.8. The van der Waals surface area contributed by atoms with Gasteiger partial charge in [0.25, 0.3) is 0 Å². The Bertz CT molecular complexity index is 779. The fraction of sp³-hybridized carbons (Fsp3) is 0.933. The van der Waals surface area contributed by atoms with Gasteiger partial charge in [0.05, 0.1) is 0 Å². The number of unbranched alkanes of at least 4 members (excludes halogenated alkanes) is 24. The molecule has 1 atom stereocenters. The van der Waals surface area contributed by atoms with Crippen LogP contribution < -0.4 is 0 Å². The molecule has 6 nitrogen and oxygen atoms in total. The zero-order valence-electron chi connectivity index (χ0n) is 34.7. The highest BCUT2D eigenvalue weighted by molar-refractivity contribution is 5.71. The van der Waals surface area contributed by atoms with Crippen molar-refractivity contribution in [1.29, 1.82) is 0 Å². The Labute approximate surface area is 317 Å². The first-order chi connectivity index (χ1) is 24.7. The molecular formula is C45H86O6. The number of hydrogen-bond donors (Lipinski definition) is 0. The lowest BCUT2D eigenvalue weighted by Gasteiger charge is -2.18. The van der Waals surface area contributed by atoms with Crippen LogP contribution in [-0.2, 0) is 28.6 Å². The monoisotopic (exact) mass is 723 g/mol. The van der Waals surface area contributed by atoms with Crippen molar-refractivity contribution in [3.63, 3.8) is 0 Å². The molecule has 0 radical (unpaired) electrons. The third-order valence-corrected chi connectivity index (χ3v) is 9.97. The lowest BCUT2D eigenvalue weighted by molar-refractivity contribution is -0.167. The summed E-state index contributed by atoms with van der Waals surface area (Å²) in [6.07, 6.45) is 35.3. The Morgan fingerprint density at radius 3 is 0.961 bits per heavy atom. The third-order valence-electron chi connectivity index (χ3n) is 9.97. The molecule has 0 spiro atoms. The molecule has 0 N–H and O–H groups in total. The smallest absolute Gasteiger partial charge is 0.306 e. The first-order valence-electron chi connectivity index (χ1n) is 22.2. The van der Waals surface area contributed by atoms with Gasteiger partial charge in [0, 0.05) is 19.3 Å². The fourth-order valence-corrected chi connectivity index (χ4v) is 6.58. The van der Waals surface area contributed by atoms with Crippen molar-refractivity contribution in [3.8, 4) is 0 Å². The minimum Gasteiger partial charge on any atom is -0.462 e. The van der Waals surface area contributed by atoms with Gasteiger partial charge in [-0.25, -0.2) is 0 Å². The lowest BCUT2D eigenvalue weighted by atomic mass is 10.0. The van der Waals surface area contributed by atoms with Crippen LogP contribution in [0.1, 0.15) is 240 Å². The summed E-state index contributed by atoms with van der Waals surface area (Å²) in [5.74, 6) is 0.761. The number of carbonyl (C=O) groups is 3. The molecular weight excluding hydrogens is 636 g/mol. The van der Waals surface area contributed by atoms with Crippen molar-refractivity contribution in [2.24, 2.45) is 11.8 Å². The molecule has 0 aliphatic carbocycles. The molecule has 0 bridgehead atoms. The van der Waals surface area contributed by atoms with Gasteiger partial charge in [0.15, 0.2) is 6.10 Å². The van der Waals surface area contributed by atoms with Crippen LogP contribution in [0.2, 0.25) is 0 Å². The van der Waals surface area contributed by atoms with Crippen molar-refractivity contribution in [2.45, 2.75) is 246 Å². The standard InChI is InChI=1S/C45H86O6/c1-6-7-8-9-18-25-30-35-43(46)49-38-42(51-45(48)37-32-27-22-17-16-20-24-29-34-41(4)5)39-50-44(47)36-31-26-21-15-13-11-10-12-14-19-23-28-33-40(2)3/h40-42H,6-39H2,1-5H3/t42-/m0/s1. The second-order valence-electron chi connectivity index (χ2n) is 16.3. The van der Waals surface area contributed by atoms with Crippen molar-refractivity contribution >= 4 is 17.9 Å². The second-order valence-corrected chi connectivity index (χ2v) is 16.3. The van der Waals surface area contributed by atoms with Gasteiger partial charge < -0.3 is 14.2 Å². The molecule has 0 aromatic carbocycles. The SMILES string of the molecule is CCCCCCCCCC(=O)OC[C@@H](COC(=O)CCCCCCCCCCCCCCC(C)C)OC(=O)CCCCCCCCCCC(C)C. The van der Waals surface area contributed by atoms with E-state index in [0.29, 0.717) is 19.3 Å². The Kier molecular flexibility index (Phi) is 37.0. The number of rotatable bonds is 39. The number of ether oxygens (including phenoxy) is 3. The maximum atomic E-state index is 12.6. The topological polar surface area (TPSA) is 78.9 Å². The van der Waals surface area contributed by atoms with Crippen molar-refractivity contribution in [2.75, 3.05) is 13.2 Å². The summed E-state index contributed by atoms with van der Waals surface area (Å²) in [5.41, 5.74) is 0. The van der Waals surface area contributed by atoms with E-state index >= 15 is 0 Å². The molecule has 6 heteroatoms. The second kappa shape index (κ2) is 38.1. The van der Waals surface area contributed by atoms with E-state index in [2.05, 4.69) is 34.6 Å². The van der Waals surface area contributed by atoms with Gasteiger partial charge in [0.2, 0.25) is 0 Å². The van der Waals surface area contributed by atoms with Crippen LogP contribution >= 0.6 is 0 Å². The molecule has 0 aromatic rings. The van der Waals surface area contributed by atoms with Crippen LogP contribution in [0.25, 0.3) is 0 Å². The first kappa shape index (κ1) is 49.4. The fourth-order valence-electron chi connectivity index (χ4n) is 6.58. The highest BCUT2D eigenvalue weighted by atomic mass is 16.6. The highest BCUT2D eigenvalue weighted by Gasteiger charge is 2.19. The Balaban J connectivity index is 4.26. The largest absolute Gasteiger partial charge is 0.462 e. The maximum absolute atomic E-state index is 12.6. The summed E-state index contributed by atoms with van der Waals surface area (Å²) in [4.78, 5) is 37.5. The molecule has 0 fully saturated rings. The maximum Gasteiger partial charge on any atom is 0.306 e. The van der Waals surface area contributed by atoms with E-state index in [-0.39, 0.29) is 31.1 Å². The first-order valence-corrected chi connectivity index (χ1v) is 22.2. The molecule has 0 saturated heterocycles. The number of hydrogen-bond acceptors (Lipinski definition) is 6. The number of carbonyl (C=O) groups excluding carboxylic acids is 3. The van der Waals surface area contributed by atoms with Gasteiger partial charge in [-0.2, -0.15) is 0 Å². The molecule has 0 aromatic heterocycles. The van der Waals surface area contributed by atoms with Crippen molar-refractivity contribution in [1.82, 2.24) is 0 Å². The summed E-state index contributed by atoms with van der Waals surface area (Å²) < 4.78 is 16.6.